The summed E-state index contributed by atoms with van der Waals surface area (Å²) in [6, 6.07) is 4.72. The summed E-state index contributed by atoms with van der Waals surface area (Å²) in [6.07, 6.45) is 0. The highest BCUT2D eigenvalue weighted by Gasteiger charge is 2.25. The topological polar surface area (TPSA) is 159 Å². The van der Waals surface area contributed by atoms with Crippen LogP contribution < -0.4 is 16.0 Å². The van der Waals surface area contributed by atoms with Gasteiger partial charge in [0.25, 0.3) is 5.56 Å². The molecule has 0 aliphatic heterocycles. The van der Waals surface area contributed by atoms with Crippen molar-refractivity contribution in [2.75, 3.05) is 12.8 Å². The molecule has 0 spiro atoms. The van der Waals surface area contributed by atoms with Crippen LogP contribution >= 0.6 is 0 Å². The number of nitrogens with zero attached hydrogens (tertiary/aromatic N) is 3. The smallest absolute Gasteiger partial charge is 0.311 e. The molecule has 0 fully saturated rings. The second kappa shape index (κ2) is 6.06. The number of methoxy groups -OCH3 is 1. The fourth-order valence-electron chi connectivity index (χ4n) is 2.15. The first-order valence-corrected chi connectivity index (χ1v) is 6.23. The van der Waals surface area contributed by atoms with Gasteiger partial charge in [-0.05, 0) is 0 Å². The van der Waals surface area contributed by atoms with Gasteiger partial charge in [-0.15, -0.1) is 0 Å². The van der Waals surface area contributed by atoms with Crippen molar-refractivity contribution < 1.29 is 14.1 Å². The summed E-state index contributed by atoms with van der Waals surface area (Å²) < 4.78 is 19.1. The predicted octanol–water partition coefficient (Wildman–Crippen LogP) is 1.42. The summed E-state index contributed by atoms with van der Waals surface area (Å²) in [5.74, 6) is -1.75. The zero-order valence-corrected chi connectivity index (χ0v) is 12.1. The average Bonchev–Trinajstić information content (AvgIpc) is 2.53. The predicted molar refractivity (Wildman–Crippen MR) is 79.5 cm³/mol. The lowest BCUT2D eigenvalue weighted by molar-refractivity contribution is -0.385. The van der Waals surface area contributed by atoms with Crippen LogP contribution in [0.25, 0.3) is 11.1 Å². The van der Waals surface area contributed by atoms with Crippen LogP contribution in [0.5, 0.6) is 5.75 Å². The van der Waals surface area contributed by atoms with E-state index in [-0.39, 0.29) is 17.1 Å². The van der Waals surface area contributed by atoms with E-state index in [0.29, 0.717) is 0 Å². The SMILES string of the molecule is COc1cc(F)c(-c2c(C#N)c(N)[nH]c(=O)c2C#N)cc1[N+](=O)[O-]. The molecule has 0 bridgehead atoms. The lowest BCUT2D eigenvalue weighted by atomic mass is 9.95. The summed E-state index contributed by atoms with van der Waals surface area (Å²) in [5, 5.41) is 29.4. The van der Waals surface area contributed by atoms with Crippen molar-refractivity contribution >= 4 is 11.5 Å². The number of aromatic amines is 1. The van der Waals surface area contributed by atoms with E-state index < -0.39 is 38.7 Å². The van der Waals surface area contributed by atoms with Crippen LogP contribution in [0.2, 0.25) is 0 Å². The number of nitrogens with two attached hydrogens (primary N) is 1. The largest absolute Gasteiger partial charge is 0.490 e. The number of nitro benzene ring substituents is 1. The van der Waals surface area contributed by atoms with Crippen molar-refractivity contribution in [3.8, 4) is 29.0 Å². The van der Waals surface area contributed by atoms with Gasteiger partial charge in [0.1, 0.15) is 34.9 Å². The van der Waals surface area contributed by atoms with Crippen LogP contribution in [0, 0.1) is 38.6 Å². The molecule has 1 aromatic carbocycles. The van der Waals surface area contributed by atoms with E-state index in [1.165, 1.54) is 0 Å². The maximum absolute atomic E-state index is 14.4. The number of anilines is 1. The molecular formula is C14H8FN5O4. The van der Waals surface area contributed by atoms with E-state index in [9.17, 15) is 24.6 Å². The minimum Gasteiger partial charge on any atom is -0.490 e. The van der Waals surface area contributed by atoms with Crippen molar-refractivity contribution in [1.29, 1.82) is 10.5 Å². The highest BCUT2D eigenvalue weighted by molar-refractivity contribution is 5.82. The summed E-state index contributed by atoms with van der Waals surface area (Å²) in [5.41, 5.74) is 2.14. The van der Waals surface area contributed by atoms with Gasteiger partial charge in [-0.1, -0.05) is 0 Å². The molecule has 0 aliphatic carbocycles. The fraction of sp³-hybridized carbons (Fsp3) is 0.0714. The van der Waals surface area contributed by atoms with E-state index in [0.717, 1.165) is 19.2 Å². The molecule has 0 saturated carbocycles. The lowest BCUT2D eigenvalue weighted by Crippen LogP contribution is -2.16. The Kier molecular flexibility index (Phi) is 4.15. The summed E-state index contributed by atoms with van der Waals surface area (Å²) in [6.45, 7) is 0. The van der Waals surface area contributed by atoms with Gasteiger partial charge in [0.15, 0.2) is 5.75 Å². The highest BCUT2D eigenvalue weighted by Crippen LogP contribution is 2.37. The van der Waals surface area contributed by atoms with Gasteiger partial charge >= 0.3 is 5.69 Å². The summed E-state index contributed by atoms with van der Waals surface area (Å²) in [4.78, 5) is 24.2. The maximum Gasteiger partial charge on any atom is 0.311 e. The average molecular weight is 329 g/mol. The van der Waals surface area contributed by atoms with Crippen LogP contribution in [0.4, 0.5) is 15.9 Å². The number of halogens is 1. The molecule has 9 nitrogen and oxygen atoms in total. The highest BCUT2D eigenvalue weighted by atomic mass is 19.1. The first kappa shape index (κ1) is 16.5. The van der Waals surface area contributed by atoms with Crippen LogP contribution in [-0.2, 0) is 0 Å². The van der Waals surface area contributed by atoms with Crippen LogP contribution in [0.3, 0.4) is 0 Å². The number of nitro groups is 1. The molecular weight excluding hydrogens is 321 g/mol. The Morgan fingerprint density at radius 2 is 1.96 bits per heavy atom. The molecule has 0 radical (unpaired) electrons. The number of pyridine rings is 1. The third-order valence-electron chi connectivity index (χ3n) is 3.20. The maximum atomic E-state index is 14.4. The third-order valence-corrected chi connectivity index (χ3v) is 3.20. The second-order valence-corrected chi connectivity index (χ2v) is 4.48. The van der Waals surface area contributed by atoms with E-state index in [1.54, 1.807) is 12.1 Å². The molecule has 1 heterocycles. The molecule has 0 atom stereocenters. The van der Waals surface area contributed by atoms with Gasteiger partial charge in [0.05, 0.1) is 12.0 Å². The zero-order valence-electron chi connectivity index (χ0n) is 12.1. The minimum atomic E-state index is -1.02. The zero-order chi connectivity index (χ0) is 18.0. The van der Waals surface area contributed by atoms with Gasteiger partial charge in [-0.2, -0.15) is 10.5 Å². The van der Waals surface area contributed by atoms with Gasteiger partial charge in [0.2, 0.25) is 0 Å². The Morgan fingerprint density at radius 1 is 1.33 bits per heavy atom. The molecule has 3 N–H and O–H groups in total. The van der Waals surface area contributed by atoms with Crippen molar-refractivity contribution in [2.24, 2.45) is 0 Å². The Labute approximate surface area is 133 Å². The van der Waals surface area contributed by atoms with E-state index >= 15 is 0 Å². The summed E-state index contributed by atoms with van der Waals surface area (Å²) in [7, 11) is 1.12. The molecule has 120 valence electrons. The van der Waals surface area contributed by atoms with E-state index in [2.05, 4.69) is 4.98 Å². The first-order valence-electron chi connectivity index (χ1n) is 6.23. The molecule has 0 amide bonds. The van der Waals surface area contributed by atoms with Gasteiger partial charge in [-0.3, -0.25) is 14.9 Å². The van der Waals surface area contributed by atoms with Crippen LogP contribution in [0.1, 0.15) is 11.1 Å². The molecule has 2 rings (SSSR count). The number of nitrogens with one attached hydrogen (secondary N) is 1. The monoisotopic (exact) mass is 329 g/mol. The van der Waals surface area contributed by atoms with Gasteiger partial charge in [-0.25, -0.2) is 4.39 Å². The number of hydrogen-bond acceptors (Lipinski definition) is 7. The Balaban J connectivity index is 3.00. The minimum absolute atomic E-state index is 0.351. The third kappa shape index (κ3) is 2.48. The van der Waals surface area contributed by atoms with E-state index in [4.69, 9.17) is 15.7 Å². The van der Waals surface area contributed by atoms with Crippen molar-refractivity contribution in [2.45, 2.75) is 0 Å². The number of aromatic nitrogens is 1. The van der Waals surface area contributed by atoms with E-state index in [1.807, 2.05) is 0 Å². The molecule has 0 aliphatic rings. The van der Waals surface area contributed by atoms with Gasteiger partial charge < -0.3 is 15.5 Å². The van der Waals surface area contributed by atoms with Crippen LogP contribution in [0.15, 0.2) is 16.9 Å². The lowest BCUT2D eigenvalue weighted by Gasteiger charge is -2.11. The molecule has 0 unspecified atom stereocenters. The van der Waals surface area contributed by atoms with Crippen molar-refractivity contribution in [3.05, 3.63) is 49.5 Å². The van der Waals surface area contributed by atoms with Crippen molar-refractivity contribution in [1.82, 2.24) is 4.98 Å². The molecule has 2 aromatic rings. The number of H-pyrrole nitrogens is 1. The second-order valence-electron chi connectivity index (χ2n) is 4.48. The number of ether oxygens (including phenoxy) is 1. The fourth-order valence-corrected chi connectivity index (χ4v) is 2.15. The number of nitriles is 2. The number of rotatable bonds is 3. The molecule has 0 saturated heterocycles. The Bertz CT molecular complexity index is 1000. The molecule has 24 heavy (non-hydrogen) atoms. The van der Waals surface area contributed by atoms with Gasteiger partial charge in [0, 0.05) is 23.3 Å². The quantitative estimate of drug-likeness (QED) is 0.636. The first-order chi connectivity index (χ1) is 11.3. The number of hydrogen-bond donors (Lipinski definition) is 2. The summed E-state index contributed by atoms with van der Waals surface area (Å²) >= 11 is 0. The molecule has 10 heteroatoms. The Hall–Kier alpha value is -3.92. The van der Waals surface area contributed by atoms with Crippen molar-refractivity contribution in [3.63, 3.8) is 0 Å². The number of benzene rings is 1. The standard InChI is InChI=1S/C14H8FN5O4/c1-24-11-3-9(15)6(2-10(11)20(22)23)12-7(4-16)13(18)19-14(21)8(12)5-17/h2-3H,1H3,(H3,18,19,21). The van der Waals surface area contributed by atoms with Crippen LogP contribution in [-0.4, -0.2) is 17.0 Å². The number of nitrogen functional groups attached to an aromatic ring is 1. The molecule has 1 aromatic heterocycles. The Morgan fingerprint density at radius 3 is 2.46 bits per heavy atom. The normalized spacial score (nSPS) is 9.83.